The third-order valence-corrected chi connectivity index (χ3v) is 4.24. The standard InChI is InChI=1S/C22H29FN4O3/c1-4-24-22(27-15-17-8-9-19(29-2)14-20(17)30-3)26-11-10-25-21(28)13-16-6-5-7-18(23)12-16/h5-9,12,14H,4,10-11,13,15H2,1-3H3,(H,25,28)(H2,24,26,27). The molecule has 0 atom stereocenters. The molecule has 0 fully saturated rings. The molecule has 0 aliphatic rings. The number of carbonyl (C=O) groups excluding carboxylic acids is 1. The zero-order valence-electron chi connectivity index (χ0n) is 17.6. The molecule has 0 heterocycles. The van der Waals surface area contributed by atoms with E-state index in [0.717, 1.165) is 11.3 Å². The van der Waals surface area contributed by atoms with Crippen molar-refractivity contribution in [1.29, 1.82) is 0 Å². The highest BCUT2D eigenvalue weighted by Gasteiger charge is 2.06. The summed E-state index contributed by atoms with van der Waals surface area (Å²) in [5.41, 5.74) is 1.57. The topological polar surface area (TPSA) is 84.0 Å². The molecule has 0 unspecified atom stereocenters. The first-order valence-electron chi connectivity index (χ1n) is 9.80. The van der Waals surface area contributed by atoms with Crippen molar-refractivity contribution in [1.82, 2.24) is 16.0 Å². The van der Waals surface area contributed by atoms with E-state index in [0.29, 0.717) is 43.5 Å². The summed E-state index contributed by atoms with van der Waals surface area (Å²) in [6.45, 7) is 4.03. The lowest BCUT2D eigenvalue weighted by Crippen LogP contribution is -2.41. The molecule has 0 saturated carbocycles. The lowest BCUT2D eigenvalue weighted by atomic mass is 10.1. The first-order valence-corrected chi connectivity index (χ1v) is 9.80. The Morgan fingerprint density at radius 1 is 1.03 bits per heavy atom. The molecule has 0 aliphatic carbocycles. The fourth-order valence-electron chi connectivity index (χ4n) is 2.77. The highest BCUT2D eigenvalue weighted by atomic mass is 19.1. The molecule has 8 heteroatoms. The van der Waals surface area contributed by atoms with Crippen LogP contribution >= 0.6 is 0 Å². The maximum absolute atomic E-state index is 13.2. The average Bonchev–Trinajstić information content (AvgIpc) is 2.74. The van der Waals surface area contributed by atoms with Gasteiger partial charge in [-0.05, 0) is 36.8 Å². The average molecular weight is 416 g/mol. The van der Waals surface area contributed by atoms with Gasteiger partial charge in [-0.2, -0.15) is 0 Å². The van der Waals surface area contributed by atoms with Crippen LogP contribution in [0.3, 0.4) is 0 Å². The molecule has 162 valence electrons. The van der Waals surface area contributed by atoms with Crippen LogP contribution in [0.4, 0.5) is 4.39 Å². The van der Waals surface area contributed by atoms with Crippen molar-refractivity contribution in [3.05, 3.63) is 59.4 Å². The van der Waals surface area contributed by atoms with E-state index in [1.165, 1.54) is 12.1 Å². The van der Waals surface area contributed by atoms with Gasteiger partial charge >= 0.3 is 0 Å². The number of hydrogen-bond acceptors (Lipinski definition) is 4. The summed E-state index contributed by atoms with van der Waals surface area (Å²) in [7, 11) is 3.22. The minimum Gasteiger partial charge on any atom is -0.497 e. The van der Waals surface area contributed by atoms with Crippen LogP contribution in [0.15, 0.2) is 47.5 Å². The number of nitrogens with zero attached hydrogens (tertiary/aromatic N) is 1. The van der Waals surface area contributed by atoms with Crippen molar-refractivity contribution >= 4 is 11.9 Å². The van der Waals surface area contributed by atoms with Gasteiger partial charge in [0.15, 0.2) is 5.96 Å². The second-order valence-electron chi connectivity index (χ2n) is 6.46. The van der Waals surface area contributed by atoms with Gasteiger partial charge in [-0.1, -0.05) is 12.1 Å². The zero-order chi connectivity index (χ0) is 21.8. The van der Waals surface area contributed by atoms with Crippen molar-refractivity contribution in [2.45, 2.75) is 19.9 Å². The summed E-state index contributed by atoms with van der Waals surface area (Å²) in [5.74, 6) is 1.56. The lowest BCUT2D eigenvalue weighted by Gasteiger charge is -2.13. The summed E-state index contributed by atoms with van der Waals surface area (Å²) in [4.78, 5) is 16.6. The Morgan fingerprint density at radius 3 is 2.53 bits per heavy atom. The molecular weight excluding hydrogens is 387 g/mol. The summed E-state index contributed by atoms with van der Waals surface area (Å²) in [5, 5.41) is 9.16. The minimum absolute atomic E-state index is 0.142. The number of guanidine groups is 1. The van der Waals surface area contributed by atoms with E-state index in [2.05, 4.69) is 20.9 Å². The van der Waals surface area contributed by atoms with Crippen LogP contribution in [0.2, 0.25) is 0 Å². The van der Waals surface area contributed by atoms with E-state index in [1.54, 1.807) is 26.4 Å². The second kappa shape index (κ2) is 12.3. The summed E-state index contributed by atoms with van der Waals surface area (Å²) in [6, 6.07) is 11.6. The van der Waals surface area contributed by atoms with Gasteiger partial charge < -0.3 is 25.4 Å². The Morgan fingerprint density at radius 2 is 1.83 bits per heavy atom. The molecule has 2 aromatic carbocycles. The van der Waals surface area contributed by atoms with Crippen molar-refractivity contribution in [2.75, 3.05) is 33.9 Å². The van der Waals surface area contributed by atoms with Crippen LogP contribution in [0, 0.1) is 5.82 Å². The molecule has 7 nitrogen and oxygen atoms in total. The van der Waals surface area contributed by atoms with Gasteiger partial charge in [0, 0.05) is 31.3 Å². The minimum atomic E-state index is -0.345. The lowest BCUT2D eigenvalue weighted by molar-refractivity contribution is -0.120. The molecule has 0 spiro atoms. The predicted octanol–water partition coefficient (Wildman–Crippen LogP) is 2.26. The molecule has 1 amide bonds. The maximum Gasteiger partial charge on any atom is 0.224 e. The zero-order valence-corrected chi connectivity index (χ0v) is 17.6. The van der Waals surface area contributed by atoms with Crippen molar-refractivity contribution in [3.8, 4) is 11.5 Å². The number of rotatable bonds is 10. The predicted molar refractivity (Wildman–Crippen MR) is 115 cm³/mol. The molecule has 0 aliphatic heterocycles. The molecule has 2 rings (SSSR count). The van der Waals surface area contributed by atoms with Gasteiger partial charge in [0.05, 0.1) is 27.2 Å². The third kappa shape index (κ3) is 7.62. The summed E-state index contributed by atoms with van der Waals surface area (Å²) in [6.07, 6.45) is 0.142. The molecule has 0 bridgehead atoms. The summed E-state index contributed by atoms with van der Waals surface area (Å²) >= 11 is 0. The number of amides is 1. The number of carbonyl (C=O) groups is 1. The van der Waals surface area contributed by atoms with Gasteiger partial charge in [-0.15, -0.1) is 0 Å². The molecule has 0 radical (unpaired) electrons. The van der Waals surface area contributed by atoms with Crippen LogP contribution in [-0.4, -0.2) is 45.7 Å². The van der Waals surface area contributed by atoms with Crippen LogP contribution in [0.25, 0.3) is 0 Å². The Bertz CT molecular complexity index is 858. The van der Waals surface area contributed by atoms with Gasteiger partial charge in [-0.3, -0.25) is 4.79 Å². The number of ether oxygens (including phenoxy) is 2. The number of halogens is 1. The maximum atomic E-state index is 13.2. The van der Waals surface area contributed by atoms with E-state index < -0.39 is 0 Å². The smallest absolute Gasteiger partial charge is 0.224 e. The Kier molecular flexibility index (Phi) is 9.44. The van der Waals surface area contributed by atoms with E-state index >= 15 is 0 Å². The van der Waals surface area contributed by atoms with E-state index in [1.807, 2.05) is 25.1 Å². The van der Waals surface area contributed by atoms with Crippen molar-refractivity contribution in [2.24, 2.45) is 4.99 Å². The number of methoxy groups -OCH3 is 2. The highest BCUT2D eigenvalue weighted by molar-refractivity contribution is 5.80. The summed E-state index contributed by atoms with van der Waals surface area (Å²) < 4.78 is 23.8. The number of aliphatic imine (C=N–C) groups is 1. The molecular formula is C22H29FN4O3. The molecule has 3 N–H and O–H groups in total. The monoisotopic (exact) mass is 416 g/mol. The third-order valence-electron chi connectivity index (χ3n) is 4.24. The van der Waals surface area contributed by atoms with E-state index in [4.69, 9.17) is 9.47 Å². The van der Waals surface area contributed by atoms with Gasteiger partial charge in [-0.25, -0.2) is 9.38 Å². The fourth-order valence-corrected chi connectivity index (χ4v) is 2.77. The molecule has 2 aromatic rings. The molecule has 0 saturated heterocycles. The van der Waals surface area contributed by atoms with Gasteiger partial charge in [0.2, 0.25) is 5.91 Å². The first-order chi connectivity index (χ1) is 14.5. The molecule has 0 aromatic heterocycles. The van der Waals surface area contributed by atoms with Crippen molar-refractivity contribution < 1.29 is 18.7 Å². The number of nitrogens with one attached hydrogen (secondary N) is 3. The van der Waals surface area contributed by atoms with E-state index in [-0.39, 0.29) is 18.1 Å². The van der Waals surface area contributed by atoms with Crippen molar-refractivity contribution in [3.63, 3.8) is 0 Å². The van der Waals surface area contributed by atoms with Crippen LogP contribution < -0.4 is 25.4 Å². The van der Waals surface area contributed by atoms with Crippen LogP contribution in [0.1, 0.15) is 18.1 Å². The number of benzene rings is 2. The van der Waals surface area contributed by atoms with Gasteiger partial charge in [0.1, 0.15) is 17.3 Å². The SMILES string of the molecule is CCNC(=NCc1ccc(OC)cc1OC)NCCNC(=O)Cc1cccc(F)c1. The van der Waals surface area contributed by atoms with Crippen LogP contribution in [-0.2, 0) is 17.8 Å². The Balaban J connectivity index is 1.83. The largest absolute Gasteiger partial charge is 0.497 e. The highest BCUT2D eigenvalue weighted by Crippen LogP contribution is 2.25. The van der Waals surface area contributed by atoms with Gasteiger partial charge in [0.25, 0.3) is 0 Å². The molecule has 30 heavy (non-hydrogen) atoms. The quantitative estimate of drug-likeness (QED) is 0.314. The Labute approximate surface area is 176 Å². The normalized spacial score (nSPS) is 11.0. The first kappa shape index (κ1) is 23.0. The number of hydrogen-bond donors (Lipinski definition) is 3. The Hall–Kier alpha value is -3.29. The fraction of sp³-hybridized carbons (Fsp3) is 0.364. The second-order valence-corrected chi connectivity index (χ2v) is 6.46. The van der Waals surface area contributed by atoms with E-state index in [9.17, 15) is 9.18 Å². The van der Waals surface area contributed by atoms with Crippen LogP contribution in [0.5, 0.6) is 11.5 Å².